The highest BCUT2D eigenvalue weighted by Crippen LogP contribution is 2.25. The van der Waals surface area contributed by atoms with E-state index in [4.69, 9.17) is 4.98 Å². The number of amides is 1. The molecular weight excluding hydrogens is 368 g/mol. The molecule has 1 amide bonds. The Bertz CT molecular complexity index is 988. The molecule has 1 fully saturated rings. The van der Waals surface area contributed by atoms with Crippen LogP contribution in [0.25, 0.3) is 11.0 Å². The molecule has 0 atom stereocenters. The number of hydrogen-bond acceptors (Lipinski definition) is 8. The second kappa shape index (κ2) is 8.46. The average Bonchev–Trinajstić information content (AvgIpc) is 2.75. The number of anilines is 3. The molecule has 1 saturated heterocycles. The summed E-state index contributed by atoms with van der Waals surface area (Å²) in [6, 6.07) is 10.0. The molecule has 1 aliphatic rings. The lowest BCUT2D eigenvalue weighted by molar-refractivity contribution is -0.118. The van der Waals surface area contributed by atoms with E-state index in [1.54, 1.807) is 12.4 Å². The molecule has 9 heteroatoms. The zero-order valence-electron chi connectivity index (χ0n) is 16.5. The van der Waals surface area contributed by atoms with Gasteiger partial charge in [-0.1, -0.05) is 32.0 Å². The first-order valence-electron chi connectivity index (χ1n) is 9.73. The van der Waals surface area contributed by atoms with Crippen LogP contribution < -0.4 is 15.6 Å². The lowest BCUT2D eigenvalue weighted by Crippen LogP contribution is -2.51. The number of para-hydroxylation sites is 1. The molecule has 29 heavy (non-hydrogen) atoms. The Morgan fingerprint density at radius 3 is 2.55 bits per heavy atom. The molecule has 2 N–H and O–H groups in total. The Labute approximate surface area is 169 Å². The summed E-state index contributed by atoms with van der Waals surface area (Å²) in [5, 5.41) is 11.0. The smallest absolute Gasteiger partial charge is 0.247 e. The number of aromatic nitrogens is 4. The molecule has 3 heterocycles. The topological polar surface area (TPSA) is 99.2 Å². The molecule has 0 radical (unpaired) electrons. The third-order valence-electron chi connectivity index (χ3n) is 4.65. The Morgan fingerprint density at radius 2 is 1.83 bits per heavy atom. The third-order valence-corrected chi connectivity index (χ3v) is 4.65. The first kappa shape index (κ1) is 19.2. The van der Waals surface area contributed by atoms with Gasteiger partial charge in [0.1, 0.15) is 0 Å². The van der Waals surface area contributed by atoms with Crippen LogP contribution in [0, 0.1) is 5.92 Å². The molecule has 1 aliphatic heterocycles. The molecule has 0 aliphatic carbocycles. The average molecular weight is 392 g/mol. The SMILES string of the molecule is CC(C)C(=O)Nc1ncc2cnc(N(c3ccccc3)N3CCNCC3)nc2n1. The first-order chi connectivity index (χ1) is 14.1. The Balaban J connectivity index is 1.72. The van der Waals surface area contributed by atoms with Gasteiger partial charge in [-0.25, -0.2) is 20.0 Å². The van der Waals surface area contributed by atoms with E-state index in [9.17, 15) is 4.79 Å². The van der Waals surface area contributed by atoms with Gasteiger partial charge in [-0.3, -0.25) is 10.1 Å². The third kappa shape index (κ3) is 4.30. The predicted molar refractivity (Wildman–Crippen MR) is 112 cm³/mol. The first-order valence-corrected chi connectivity index (χ1v) is 9.73. The summed E-state index contributed by atoms with van der Waals surface area (Å²) in [6.45, 7) is 7.12. The maximum absolute atomic E-state index is 12.0. The number of rotatable bonds is 5. The molecule has 1 aromatic carbocycles. The quantitative estimate of drug-likeness (QED) is 0.680. The minimum Gasteiger partial charge on any atom is -0.314 e. The number of nitrogens with one attached hydrogen (secondary N) is 2. The van der Waals surface area contributed by atoms with Crippen molar-refractivity contribution in [2.75, 3.05) is 36.5 Å². The zero-order valence-corrected chi connectivity index (χ0v) is 16.5. The lowest BCUT2D eigenvalue weighted by atomic mass is 10.2. The van der Waals surface area contributed by atoms with Crippen LogP contribution in [0.1, 0.15) is 13.8 Å². The largest absolute Gasteiger partial charge is 0.314 e. The van der Waals surface area contributed by atoms with Crippen molar-refractivity contribution < 1.29 is 4.79 Å². The van der Waals surface area contributed by atoms with Crippen LogP contribution in [-0.4, -0.2) is 57.0 Å². The Hall–Kier alpha value is -3.17. The van der Waals surface area contributed by atoms with Crippen molar-refractivity contribution >= 4 is 34.5 Å². The number of carbonyl (C=O) groups excluding carboxylic acids is 1. The van der Waals surface area contributed by atoms with E-state index in [1.165, 1.54) is 0 Å². The van der Waals surface area contributed by atoms with Gasteiger partial charge < -0.3 is 5.32 Å². The molecule has 0 saturated carbocycles. The van der Waals surface area contributed by atoms with Gasteiger partial charge in [0.2, 0.25) is 17.8 Å². The standard InChI is InChI=1S/C20H24N8O/c1-14(2)18(29)26-19-22-12-15-13-23-20(25-17(15)24-19)28(16-6-4-3-5-7-16)27-10-8-21-9-11-27/h3-7,12-14,21H,8-11H2,1-2H3,(H,22,23,24,25,26,29). The summed E-state index contributed by atoms with van der Waals surface area (Å²) in [6.07, 6.45) is 3.34. The Kier molecular flexibility index (Phi) is 5.59. The van der Waals surface area contributed by atoms with Crippen LogP contribution in [0.2, 0.25) is 0 Å². The normalized spacial score (nSPS) is 14.9. The lowest BCUT2D eigenvalue weighted by Gasteiger charge is -2.37. The van der Waals surface area contributed by atoms with Crippen molar-refractivity contribution in [2.45, 2.75) is 13.8 Å². The molecule has 0 spiro atoms. The van der Waals surface area contributed by atoms with Gasteiger partial charge in [-0.05, 0) is 12.1 Å². The van der Waals surface area contributed by atoms with Gasteiger partial charge in [0.15, 0.2) is 5.65 Å². The summed E-state index contributed by atoms with van der Waals surface area (Å²) in [7, 11) is 0. The number of benzene rings is 1. The number of hydrazine groups is 1. The van der Waals surface area contributed by atoms with E-state index < -0.39 is 0 Å². The summed E-state index contributed by atoms with van der Waals surface area (Å²) < 4.78 is 0. The second-order valence-electron chi connectivity index (χ2n) is 7.14. The molecule has 0 unspecified atom stereocenters. The Morgan fingerprint density at radius 1 is 1.10 bits per heavy atom. The van der Waals surface area contributed by atoms with Crippen LogP contribution in [-0.2, 0) is 4.79 Å². The van der Waals surface area contributed by atoms with Gasteiger partial charge in [-0.2, -0.15) is 9.97 Å². The van der Waals surface area contributed by atoms with Gasteiger partial charge >= 0.3 is 0 Å². The van der Waals surface area contributed by atoms with E-state index in [0.29, 0.717) is 17.0 Å². The maximum Gasteiger partial charge on any atom is 0.247 e. The summed E-state index contributed by atoms with van der Waals surface area (Å²) in [5.41, 5.74) is 1.47. The molecule has 150 valence electrons. The second-order valence-corrected chi connectivity index (χ2v) is 7.14. The van der Waals surface area contributed by atoms with Crippen molar-refractivity contribution in [2.24, 2.45) is 5.92 Å². The number of carbonyl (C=O) groups is 1. The van der Waals surface area contributed by atoms with Crippen molar-refractivity contribution in [3.8, 4) is 0 Å². The van der Waals surface area contributed by atoms with E-state index in [1.807, 2.05) is 49.2 Å². The van der Waals surface area contributed by atoms with E-state index in [0.717, 1.165) is 31.9 Å². The highest BCUT2D eigenvalue weighted by molar-refractivity contribution is 5.91. The number of nitrogens with zero attached hydrogens (tertiary/aromatic N) is 6. The number of hydrogen-bond donors (Lipinski definition) is 2. The molecule has 0 bridgehead atoms. The van der Waals surface area contributed by atoms with Crippen LogP contribution >= 0.6 is 0 Å². The van der Waals surface area contributed by atoms with Crippen molar-refractivity contribution in [1.29, 1.82) is 0 Å². The van der Waals surface area contributed by atoms with Gasteiger partial charge in [0, 0.05) is 44.5 Å². The van der Waals surface area contributed by atoms with E-state index in [2.05, 4.69) is 30.6 Å². The minimum absolute atomic E-state index is 0.134. The summed E-state index contributed by atoms with van der Waals surface area (Å²) in [5.74, 6) is 0.488. The van der Waals surface area contributed by atoms with Crippen LogP contribution in [0.3, 0.4) is 0 Å². The van der Waals surface area contributed by atoms with Crippen LogP contribution in [0.4, 0.5) is 17.6 Å². The highest BCUT2D eigenvalue weighted by atomic mass is 16.2. The van der Waals surface area contributed by atoms with Crippen molar-refractivity contribution in [3.05, 3.63) is 42.7 Å². The monoisotopic (exact) mass is 392 g/mol. The van der Waals surface area contributed by atoms with E-state index >= 15 is 0 Å². The van der Waals surface area contributed by atoms with Gasteiger partial charge in [-0.15, -0.1) is 0 Å². The molecular formula is C20H24N8O. The highest BCUT2D eigenvalue weighted by Gasteiger charge is 2.23. The van der Waals surface area contributed by atoms with Gasteiger partial charge in [0.25, 0.3) is 0 Å². The zero-order chi connectivity index (χ0) is 20.2. The van der Waals surface area contributed by atoms with Gasteiger partial charge in [0.05, 0.1) is 11.1 Å². The van der Waals surface area contributed by atoms with Crippen molar-refractivity contribution in [3.63, 3.8) is 0 Å². The predicted octanol–water partition coefficient (Wildman–Crippen LogP) is 1.97. The molecule has 2 aromatic heterocycles. The number of piperazine rings is 1. The molecule has 9 nitrogen and oxygen atoms in total. The fourth-order valence-electron chi connectivity index (χ4n) is 3.06. The maximum atomic E-state index is 12.0. The molecule has 4 rings (SSSR count). The summed E-state index contributed by atoms with van der Waals surface area (Å²) in [4.78, 5) is 29.8. The minimum atomic E-state index is -0.156. The summed E-state index contributed by atoms with van der Waals surface area (Å²) >= 11 is 0. The molecule has 3 aromatic rings. The van der Waals surface area contributed by atoms with Crippen LogP contribution in [0.5, 0.6) is 0 Å². The fraction of sp³-hybridized carbons (Fsp3) is 0.350. The van der Waals surface area contributed by atoms with Crippen molar-refractivity contribution in [1.82, 2.24) is 30.3 Å². The van der Waals surface area contributed by atoms with E-state index in [-0.39, 0.29) is 17.8 Å². The fourth-order valence-corrected chi connectivity index (χ4v) is 3.06. The number of fused-ring (bicyclic) bond motifs is 1. The van der Waals surface area contributed by atoms with Crippen LogP contribution in [0.15, 0.2) is 42.7 Å².